The number of nitrogens with one attached hydrogen (secondary N) is 1. The lowest BCUT2D eigenvalue weighted by Gasteiger charge is -2.20. The zero-order valence-electron chi connectivity index (χ0n) is 12.6. The summed E-state index contributed by atoms with van der Waals surface area (Å²) in [6.07, 6.45) is 2.16. The summed E-state index contributed by atoms with van der Waals surface area (Å²) in [5.41, 5.74) is 0.494. The summed E-state index contributed by atoms with van der Waals surface area (Å²) in [5, 5.41) is 15.4. The van der Waals surface area contributed by atoms with Crippen LogP contribution in [-0.4, -0.2) is 45.1 Å². The molecule has 1 N–H and O–H groups in total. The molecule has 8 nitrogen and oxygen atoms in total. The third-order valence-corrected chi connectivity index (χ3v) is 4.84. The number of ether oxygens (including phenoxy) is 2. The van der Waals surface area contributed by atoms with Crippen molar-refractivity contribution in [3.05, 3.63) is 17.2 Å². The highest BCUT2D eigenvalue weighted by Crippen LogP contribution is 2.38. The molecule has 0 unspecified atom stereocenters. The molecule has 1 saturated carbocycles. The van der Waals surface area contributed by atoms with E-state index in [9.17, 15) is 4.79 Å². The number of carbonyl (C=O) groups is 1. The highest BCUT2D eigenvalue weighted by atomic mass is 35.5. The topological polar surface area (TPSA) is 91.2 Å². The maximum absolute atomic E-state index is 12.2. The van der Waals surface area contributed by atoms with Crippen molar-refractivity contribution in [2.45, 2.75) is 24.0 Å². The summed E-state index contributed by atoms with van der Waals surface area (Å²) >= 11 is 7.49. The van der Waals surface area contributed by atoms with Gasteiger partial charge in [-0.3, -0.25) is 4.79 Å². The zero-order chi connectivity index (χ0) is 16.5. The number of benzene rings is 1. The second-order valence-corrected chi connectivity index (χ2v) is 6.80. The molecule has 1 aliphatic carbocycles. The molecule has 4 rings (SSSR count). The third kappa shape index (κ3) is 3.27. The molecule has 0 spiro atoms. The Kier molecular flexibility index (Phi) is 4.19. The van der Waals surface area contributed by atoms with Gasteiger partial charge in [0, 0.05) is 12.1 Å². The first-order valence-electron chi connectivity index (χ1n) is 7.50. The van der Waals surface area contributed by atoms with Crippen LogP contribution in [0.4, 0.5) is 5.69 Å². The first-order chi connectivity index (χ1) is 11.7. The van der Waals surface area contributed by atoms with Crippen LogP contribution in [0.25, 0.3) is 0 Å². The Balaban J connectivity index is 1.40. The van der Waals surface area contributed by atoms with Crippen molar-refractivity contribution in [3.63, 3.8) is 0 Å². The van der Waals surface area contributed by atoms with Crippen LogP contribution < -0.4 is 14.8 Å². The molecule has 24 heavy (non-hydrogen) atoms. The highest BCUT2D eigenvalue weighted by Gasteiger charge is 2.28. The number of halogens is 1. The average Bonchev–Trinajstić information content (AvgIpc) is 3.32. The van der Waals surface area contributed by atoms with Crippen LogP contribution in [0, 0.1) is 0 Å². The fourth-order valence-corrected chi connectivity index (χ4v) is 3.25. The lowest BCUT2D eigenvalue weighted by molar-refractivity contribution is -0.113. The van der Waals surface area contributed by atoms with E-state index in [4.69, 9.17) is 21.1 Å². The van der Waals surface area contributed by atoms with Crippen molar-refractivity contribution in [2.24, 2.45) is 0 Å². The minimum absolute atomic E-state index is 0.191. The van der Waals surface area contributed by atoms with Crippen molar-refractivity contribution in [1.29, 1.82) is 0 Å². The van der Waals surface area contributed by atoms with Gasteiger partial charge in [-0.15, -0.1) is 5.10 Å². The molecule has 2 aliphatic rings. The molecule has 1 fully saturated rings. The van der Waals surface area contributed by atoms with E-state index in [1.165, 1.54) is 11.8 Å². The smallest absolute Gasteiger partial charge is 0.234 e. The van der Waals surface area contributed by atoms with Gasteiger partial charge < -0.3 is 14.8 Å². The summed E-state index contributed by atoms with van der Waals surface area (Å²) in [7, 11) is 0. The molecule has 126 valence electrons. The number of tetrazole rings is 1. The van der Waals surface area contributed by atoms with Gasteiger partial charge in [0.15, 0.2) is 11.5 Å². The molecule has 1 amide bonds. The number of carbonyl (C=O) groups excluding carboxylic acids is 1. The lowest BCUT2D eigenvalue weighted by Crippen LogP contribution is -2.17. The van der Waals surface area contributed by atoms with E-state index in [1.807, 2.05) is 0 Å². The Bertz CT molecular complexity index is 780. The van der Waals surface area contributed by atoms with Gasteiger partial charge in [-0.2, -0.15) is 0 Å². The van der Waals surface area contributed by atoms with Gasteiger partial charge >= 0.3 is 0 Å². The summed E-state index contributed by atoms with van der Waals surface area (Å²) in [6, 6.07) is 3.69. The molecule has 0 bridgehead atoms. The maximum Gasteiger partial charge on any atom is 0.234 e. The van der Waals surface area contributed by atoms with Crippen LogP contribution in [0.15, 0.2) is 17.3 Å². The van der Waals surface area contributed by atoms with Crippen molar-refractivity contribution in [2.75, 3.05) is 24.3 Å². The SMILES string of the molecule is O=C(CSc1nnnn1C1CC1)Nc1cc2c(cc1Cl)OCCO2. The average molecular weight is 368 g/mol. The van der Waals surface area contributed by atoms with Crippen molar-refractivity contribution >= 4 is 35.0 Å². The highest BCUT2D eigenvalue weighted by molar-refractivity contribution is 7.99. The van der Waals surface area contributed by atoms with E-state index < -0.39 is 0 Å². The molecule has 10 heteroatoms. The number of anilines is 1. The summed E-state index contributed by atoms with van der Waals surface area (Å²) in [4.78, 5) is 12.2. The number of thioether (sulfide) groups is 1. The molecular formula is C14H14ClN5O3S. The van der Waals surface area contributed by atoms with Crippen LogP contribution in [0.2, 0.25) is 5.02 Å². The molecule has 1 aromatic heterocycles. The molecule has 0 atom stereocenters. The molecule has 2 aromatic rings. The third-order valence-electron chi connectivity index (χ3n) is 3.59. The minimum Gasteiger partial charge on any atom is -0.486 e. The number of fused-ring (bicyclic) bond motifs is 1. The number of nitrogens with zero attached hydrogens (tertiary/aromatic N) is 4. The molecule has 1 aromatic carbocycles. The van der Waals surface area contributed by atoms with Gasteiger partial charge in [-0.1, -0.05) is 23.4 Å². The standard InChI is InChI=1S/C14H14ClN5O3S/c15-9-5-11-12(23-4-3-22-11)6-10(9)16-13(21)7-24-14-17-18-19-20(14)8-1-2-8/h5-6,8H,1-4,7H2,(H,16,21). The van der Waals surface area contributed by atoms with E-state index in [1.54, 1.807) is 16.8 Å². The number of aromatic nitrogens is 4. The molecule has 0 radical (unpaired) electrons. The normalized spacial score (nSPS) is 16.0. The Morgan fingerprint density at radius 3 is 2.83 bits per heavy atom. The number of rotatable bonds is 5. The van der Waals surface area contributed by atoms with Gasteiger partial charge in [-0.05, 0) is 23.3 Å². The summed E-state index contributed by atoms with van der Waals surface area (Å²) in [5.74, 6) is 1.16. The van der Waals surface area contributed by atoms with Crippen LogP contribution in [0.5, 0.6) is 11.5 Å². The fourth-order valence-electron chi connectivity index (χ4n) is 2.30. The van der Waals surface area contributed by atoms with E-state index in [2.05, 4.69) is 20.8 Å². The Morgan fingerprint density at radius 1 is 1.33 bits per heavy atom. The van der Waals surface area contributed by atoms with Crippen LogP contribution >= 0.6 is 23.4 Å². The predicted octanol–water partition coefficient (Wildman–Crippen LogP) is 2.16. The largest absolute Gasteiger partial charge is 0.486 e. The number of amides is 1. The molecule has 0 saturated heterocycles. The second-order valence-electron chi connectivity index (χ2n) is 5.45. The predicted molar refractivity (Wildman–Crippen MR) is 87.9 cm³/mol. The molecule has 2 heterocycles. The lowest BCUT2D eigenvalue weighted by atomic mass is 10.2. The Hall–Kier alpha value is -2.00. The monoisotopic (exact) mass is 367 g/mol. The first kappa shape index (κ1) is 15.5. The van der Waals surface area contributed by atoms with E-state index in [-0.39, 0.29) is 11.7 Å². The van der Waals surface area contributed by atoms with Gasteiger partial charge in [0.1, 0.15) is 13.2 Å². The van der Waals surface area contributed by atoms with E-state index in [0.29, 0.717) is 46.6 Å². The van der Waals surface area contributed by atoms with Crippen molar-refractivity contribution in [3.8, 4) is 11.5 Å². The second kappa shape index (κ2) is 6.48. The van der Waals surface area contributed by atoms with E-state index in [0.717, 1.165) is 12.8 Å². The van der Waals surface area contributed by atoms with Crippen LogP contribution in [-0.2, 0) is 4.79 Å². The van der Waals surface area contributed by atoms with Gasteiger partial charge in [-0.25, -0.2) is 4.68 Å². The van der Waals surface area contributed by atoms with Crippen LogP contribution in [0.1, 0.15) is 18.9 Å². The maximum atomic E-state index is 12.2. The van der Waals surface area contributed by atoms with Crippen molar-refractivity contribution in [1.82, 2.24) is 20.2 Å². The van der Waals surface area contributed by atoms with Gasteiger partial charge in [0.2, 0.25) is 11.1 Å². The summed E-state index contributed by atoms with van der Waals surface area (Å²) < 4.78 is 12.7. The fraction of sp³-hybridized carbons (Fsp3) is 0.429. The van der Waals surface area contributed by atoms with Crippen LogP contribution in [0.3, 0.4) is 0 Å². The quantitative estimate of drug-likeness (QED) is 0.809. The van der Waals surface area contributed by atoms with E-state index >= 15 is 0 Å². The zero-order valence-corrected chi connectivity index (χ0v) is 14.1. The molecule has 1 aliphatic heterocycles. The van der Waals surface area contributed by atoms with Gasteiger partial charge in [0.05, 0.1) is 22.5 Å². The van der Waals surface area contributed by atoms with Crippen molar-refractivity contribution < 1.29 is 14.3 Å². The number of hydrogen-bond acceptors (Lipinski definition) is 7. The molecular weight excluding hydrogens is 354 g/mol. The summed E-state index contributed by atoms with van der Waals surface area (Å²) in [6.45, 7) is 0.961. The minimum atomic E-state index is -0.191. The Morgan fingerprint density at radius 2 is 2.08 bits per heavy atom. The number of hydrogen-bond donors (Lipinski definition) is 1. The first-order valence-corrected chi connectivity index (χ1v) is 8.87. The van der Waals surface area contributed by atoms with Gasteiger partial charge in [0.25, 0.3) is 0 Å². The Labute approximate surface area is 146 Å².